The van der Waals surface area contributed by atoms with Crippen LogP contribution in [0.4, 0.5) is 0 Å². The van der Waals surface area contributed by atoms with E-state index in [0.717, 1.165) is 11.5 Å². The Labute approximate surface area is 65.6 Å². The fourth-order valence-electron chi connectivity index (χ4n) is 0.738. The molecule has 0 aliphatic heterocycles. The number of hydrogen-bond donors (Lipinski definition) is 1. The minimum Gasteiger partial charge on any atom is -0.345 e. The van der Waals surface area contributed by atoms with Crippen LogP contribution in [0.25, 0.3) is 0 Å². The summed E-state index contributed by atoms with van der Waals surface area (Å²) in [7, 11) is 0. The first kappa shape index (κ1) is 7.61. The quantitative estimate of drug-likeness (QED) is 0.658. The van der Waals surface area contributed by atoms with Crippen molar-refractivity contribution in [2.45, 2.75) is 25.6 Å². The molecule has 0 bridgehead atoms. The van der Waals surface area contributed by atoms with Crippen LogP contribution < -0.4 is 0 Å². The zero-order valence-electron chi connectivity index (χ0n) is 6.19. The second-order valence-electron chi connectivity index (χ2n) is 2.58. The summed E-state index contributed by atoms with van der Waals surface area (Å²) in [5.74, 6) is 1.98. The molecular weight excluding hydrogens is 148 g/mol. The Kier molecular flexibility index (Phi) is 2.33. The number of halogens is 1. The summed E-state index contributed by atoms with van der Waals surface area (Å²) in [4.78, 5) is 7.27. The monoisotopic (exact) mass is 158 g/mol. The first-order valence-corrected chi connectivity index (χ1v) is 3.87. The SMILES string of the molecule is CC(C)c1ncc(CCl)[nH]1. The molecule has 0 aliphatic carbocycles. The van der Waals surface area contributed by atoms with E-state index in [4.69, 9.17) is 11.6 Å². The van der Waals surface area contributed by atoms with E-state index < -0.39 is 0 Å². The van der Waals surface area contributed by atoms with E-state index in [0.29, 0.717) is 11.8 Å². The average Bonchev–Trinajstić information content (AvgIpc) is 2.34. The van der Waals surface area contributed by atoms with Crippen molar-refractivity contribution >= 4 is 11.6 Å². The maximum Gasteiger partial charge on any atom is 0.108 e. The molecule has 56 valence electrons. The lowest BCUT2D eigenvalue weighted by molar-refractivity contribution is 0.791. The maximum atomic E-state index is 5.57. The third-order valence-electron chi connectivity index (χ3n) is 1.34. The highest BCUT2D eigenvalue weighted by atomic mass is 35.5. The van der Waals surface area contributed by atoms with Gasteiger partial charge in [-0.1, -0.05) is 13.8 Å². The number of aromatic amines is 1. The minimum atomic E-state index is 0.456. The molecule has 3 heteroatoms. The molecule has 0 unspecified atom stereocenters. The van der Waals surface area contributed by atoms with Crippen molar-refractivity contribution < 1.29 is 0 Å². The summed E-state index contributed by atoms with van der Waals surface area (Å²) < 4.78 is 0. The maximum absolute atomic E-state index is 5.57. The van der Waals surface area contributed by atoms with Gasteiger partial charge < -0.3 is 4.98 Å². The largest absolute Gasteiger partial charge is 0.345 e. The molecule has 0 amide bonds. The van der Waals surface area contributed by atoms with Crippen molar-refractivity contribution in [3.8, 4) is 0 Å². The zero-order valence-corrected chi connectivity index (χ0v) is 6.94. The van der Waals surface area contributed by atoms with Crippen molar-refractivity contribution in [3.05, 3.63) is 17.7 Å². The van der Waals surface area contributed by atoms with Crippen LogP contribution in [-0.4, -0.2) is 9.97 Å². The molecule has 0 spiro atoms. The predicted molar refractivity (Wildman–Crippen MR) is 42.2 cm³/mol. The van der Waals surface area contributed by atoms with E-state index in [2.05, 4.69) is 23.8 Å². The Balaban J connectivity index is 2.78. The molecule has 2 nitrogen and oxygen atoms in total. The minimum absolute atomic E-state index is 0.456. The Morgan fingerprint density at radius 2 is 2.40 bits per heavy atom. The fraction of sp³-hybridized carbons (Fsp3) is 0.571. The van der Waals surface area contributed by atoms with Gasteiger partial charge in [0.2, 0.25) is 0 Å². The first-order chi connectivity index (χ1) is 4.74. The number of alkyl halides is 1. The van der Waals surface area contributed by atoms with Crippen LogP contribution in [0, 0.1) is 0 Å². The second kappa shape index (κ2) is 3.06. The average molecular weight is 159 g/mol. The van der Waals surface area contributed by atoms with E-state index in [1.54, 1.807) is 6.20 Å². The smallest absolute Gasteiger partial charge is 0.108 e. The van der Waals surface area contributed by atoms with Gasteiger partial charge in [0, 0.05) is 17.8 Å². The molecular formula is C7H11ClN2. The number of imidazole rings is 1. The van der Waals surface area contributed by atoms with Crippen LogP contribution >= 0.6 is 11.6 Å². The van der Waals surface area contributed by atoms with Gasteiger partial charge in [-0.25, -0.2) is 4.98 Å². The van der Waals surface area contributed by atoms with Gasteiger partial charge in [0.15, 0.2) is 0 Å². The normalized spacial score (nSPS) is 10.8. The van der Waals surface area contributed by atoms with Crippen molar-refractivity contribution in [1.82, 2.24) is 9.97 Å². The fourth-order valence-corrected chi connectivity index (χ4v) is 0.874. The molecule has 0 saturated carbocycles. The van der Waals surface area contributed by atoms with E-state index in [1.165, 1.54) is 0 Å². The Hall–Kier alpha value is -0.500. The lowest BCUT2D eigenvalue weighted by atomic mass is 10.2. The summed E-state index contributed by atoms with van der Waals surface area (Å²) >= 11 is 5.57. The second-order valence-corrected chi connectivity index (χ2v) is 2.85. The molecule has 1 rings (SSSR count). The van der Waals surface area contributed by atoms with Gasteiger partial charge in [0.1, 0.15) is 5.82 Å². The third kappa shape index (κ3) is 1.51. The predicted octanol–water partition coefficient (Wildman–Crippen LogP) is 2.27. The summed E-state index contributed by atoms with van der Waals surface area (Å²) in [6, 6.07) is 0. The molecule has 1 aromatic rings. The summed E-state index contributed by atoms with van der Waals surface area (Å²) in [6.07, 6.45) is 1.78. The van der Waals surface area contributed by atoms with E-state index in [-0.39, 0.29) is 0 Å². The molecule has 0 aliphatic rings. The molecule has 0 fully saturated rings. The van der Waals surface area contributed by atoms with Gasteiger partial charge in [-0.05, 0) is 0 Å². The highest BCUT2D eigenvalue weighted by molar-refractivity contribution is 6.16. The van der Waals surface area contributed by atoms with Crippen molar-refractivity contribution in [1.29, 1.82) is 0 Å². The van der Waals surface area contributed by atoms with Crippen molar-refractivity contribution in [3.63, 3.8) is 0 Å². The lowest BCUT2D eigenvalue weighted by Crippen LogP contribution is -1.89. The number of nitrogens with zero attached hydrogens (tertiary/aromatic N) is 1. The van der Waals surface area contributed by atoms with Crippen LogP contribution in [0.1, 0.15) is 31.3 Å². The zero-order chi connectivity index (χ0) is 7.56. The van der Waals surface area contributed by atoms with Gasteiger partial charge in [-0.3, -0.25) is 0 Å². The highest BCUT2D eigenvalue weighted by Gasteiger charge is 2.02. The molecule has 0 atom stereocenters. The number of H-pyrrole nitrogens is 1. The van der Waals surface area contributed by atoms with E-state index in [1.807, 2.05) is 0 Å². The first-order valence-electron chi connectivity index (χ1n) is 3.33. The van der Waals surface area contributed by atoms with E-state index >= 15 is 0 Å². The Morgan fingerprint density at radius 3 is 2.70 bits per heavy atom. The number of aromatic nitrogens is 2. The molecule has 0 radical (unpaired) electrons. The van der Waals surface area contributed by atoms with Gasteiger partial charge in [-0.2, -0.15) is 0 Å². The summed E-state index contributed by atoms with van der Waals surface area (Å²) in [5, 5.41) is 0. The van der Waals surface area contributed by atoms with Gasteiger partial charge in [-0.15, -0.1) is 11.6 Å². The van der Waals surface area contributed by atoms with Gasteiger partial charge in [0.25, 0.3) is 0 Å². The van der Waals surface area contributed by atoms with Crippen LogP contribution in [0.2, 0.25) is 0 Å². The summed E-state index contributed by atoms with van der Waals surface area (Å²) in [6.45, 7) is 4.19. The molecule has 1 aromatic heterocycles. The van der Waals surface area contributed by atoms with Crippen molar-refractivity contribution in [2.75, 3.05) is 0 Å². The lowest BCUT2D eigenvalue weighted by Gasteiger charge is -1.96. The molecule has 1 heterocycles. The van der Waals surface area contributed by atoms with Gasteiger partial charge >= 0.3 is 0 Å². The number of nitrogens with one attached hydrogen (secondary N) is 1. The molecule has 0 aromatic carbocycles. The van der Waals surface area contributed by atoms with Crippen LogP contribution in [0.15, 0.2) is 6.20 Å². The van der Waals surface area contributed by atoms with Crippen LogP contribution in [-0.2, 0) is 5.88 Å². The standard InChI is InChI=1S/C7H11ClN2/c1-5(2)7-9-4-6(3-8)10-7/h4-5H,3H2,1-2H3,(H,9,10). The third-order valence-corrected chi connectivity index (χ3v) is 1.63. The molecule has 0 saturated heterocycles. The number of rotatable bonds is 2. The van der Waals surface area contributed by atoms with Crippen LogP contribution in [0.3, 0.4) is 0 Å². The molecule has 1 N–H and O–H groups in total. The number of hydrogen-bond acceptors (Lipinski definition) is 1. The summed E-state index contributed by atoms with van der Waals surface area (Å²) in [5.41, 5.74) is 0.991. The Morgan fingerprint density at radius 1 is 1.70 bits per heavy atom. The highest BCUT2D eigenvalue weighted by Crippen LogP contribution is 2.10. The van der Waals surface area contributed by atoms with Gasteiger partial charge in [0.05, 0.1) is 5.88 Å². The molecule has 10 heavy (non-hydrogen) atoms. The topological polar surface area (TPSA) is 28.7 Å². The van der Waals surface area contributed by atoms with Crippen molar-refractivity contribution in [2.24, 2.45) is 0 Å². The van der Waals surface area contributed by atoms with E-state index in [9.17, 15) is 0 Å². The van der Waals surface area contributed by atoms with Crippen LogP contribution in [0.5, 0.6) is 0 Å². The Bertz CT molecular complexity index is 205.